The number of hydrogen-bond donors (Lipinski definition) is 4. The minimum absolute atomic E-state index is 0.0206. The molecule has 0 spiro atoms. The maximum absolute atomic E-state index is 13.9. The van der Waals surface area contributed by atoms with Gasteiger partial charge in [-0.15, -0.1) is 0 Å². The lowest BCUT2D eigenvalue weighted by atomic mass is 9.78. The number of H-pyrrole nitrogens is 1. The summed E-state index contributed by atoms with van der Waals surface area (Å²) in [5.41, 5.74) is 3.11. The van der Waals surface area contributed by atoms with E-state index in [1.54, 1.807) is 31.3 Å². The van der Waals surface area contributed by atoms with Crippen molar-refractivity contribution >= 4 is 16.8 Å². The molecule has 220 valence electrons. The number of pyridine rings is 1. The van der Waals surface area contributed by atoms with Crippen molar-refractivity contribution in [1.29, 1.82) is 0 Å². The second kappa shape index (κ2) is 14.6. The largest absolute Gasteiger partial charge is 0.504 e. The fourth-order valence-corrected chi connectivity index (χ4v) is 5.26. The van der Waals surface area contributed by atoms with E-state index in [0.29, 0.717) is 24.1 Å². The number of amides is 1. The number of phenols is 2. The predicted molar refractivity (Wildman–Crippen MR) is 160 cm³/mol. The Morgan fingerprint density at radius 2 is 1.68 bits per heavy atom. The molecule has 1 saturated carbocycles. The van der Waals surface area contributed by atoms with Crippen LogP contribution in [-0.4, -0.2) is 32.6 Å². The number of hydrogen-bond acceptors (Lipinski definition) is 4. The number of aromatic nitrogens is 2. The monoisotopic (exact) mass is 565 g/mol. The van der Waals surface area contributed by atoms with Gasteiger partial charge in [0.1, 0.15) is 11.6 Å². The van der Waals surface area contributed by atoms with Gasteiger partial charge in [-0.3, -0.25) is 9.78 Å². The highest BCUT2D eigenvalue weighted by molar-refractivity contribution is 6.01. The third-order valence-electron chi connectivity index (χ3n) is 7.10. The normalized spacial score (nSPS) is 16.3. The molecule has 4 N–H and O–H groups in total. The molecule has 1 aliphatic rings. The average Bonchev–Trinajstić information content (AvgIpc) is 3.36. The Bertz CT molecular complexity index is 1460. The van der Waals surface area contributed by atoms with E-state index in [9.17, 15) is 23.8 Å². The number of aryl methyl sites for hydroxylation is 1. The van der Waals surface area contributed by atoms with Crippen molar-refractivity contribution in [3.63, 3.8) is 0 Å². The highest BCUT2D eigenvalue weighted by atomic mass is 19.1. The molecule has 2 aromatic carbocycles. The van der Waals surface area contributed by atoms with Crippen LogP contribution in [-0.2, 0) is 0 Å². The highest BCUT2D eigenvalue weighted by Crippen LogP contribution is 2.40. The van der Waals surface area contributed by atoms with Crippen LogP contribution >= 0.6 is 0 Å². The summed E-state index contributed by atoms with van der Waals surface area (Å²) in [5.74, 6) is -1.80. The molecule has 0 atom stereocenters. The number of fused-ring (bicyclic) bond motifs is 1. The molecule has 1 aliphatic carbocycles. The summed E-state index contributed by atoms with van der Waals surface area (Å²) in [4.78, 5) is 20.4. The second-order valence-corrected chi connectivity index (χ2v) is 10.3. The zero-order valence-corrected chi connectivity index (χ0v) is 24.5. The lowest BCUT2D eigenvalue weighted by molar-refractivity contribution is 0.0943. The van der Waals surface area contributed by atoms with Gasteiger partial charge < -0.3 is 20.5 Å². The van der Waals surface area contributed by atoms with Crippen LogP contribution in [0.3, 0.4) is 0 Å². The summed E-state index contributed by atoms with van der Waals surface area (Å²) in [6, 6.07) is 10.2. The standard InChI is InChI=1S/C28H27F2N3O3.C3H8.C2H6/c1-15-10-23(26(33-15)22-12-19(30)13-25(34)27(22)35)28(36)32-14-16-2-4-17(5-3-16)20-8-9-31-24-7-6-18(29)11-21(20)24;1-3-2;1-2/h6-13,16-17,33-35H,2-5,14H2,1H3,(H,32,36);3H2,1-2H3;1-2H3. The van der Waals surface area contributed by atoms with Crippen molar-refractivity contribution in [2.45, 2.75) is 72.6 Å². The van der Waals surface area contributed by atoms with Crippen molar-refractivity contribution in [2.24, 2.45) is 5.92 Å². The fourth-order valence-electron chi connectivity index (χ4n) is 5.26. The van der Waals surface area contributed by atoms with Gasteiger partial charge in [-0.2, -0.15) is 0 Å². The van der Waals surface area contributed by atoms with Crippen LogP contribution < -0.4 is 5.32 Å². The first-order valence-electron chi connectivity index (χ1n) is 14.5. The van der Waals surface area contributed by atoms with Gasteiger partial charge in [0, 0.05) is 35.5 Å². The summed E-state index contributed by atoms with van der Waals surface area (Å²) < 4.78 is 27.7. The van der Waals surface area contributed by atoms with Crippen molar-refractivity contribution in [3.8, 4) is 22.8 Å². The van der Waals surface area contributed by atoms with Crippen molar-refractivity contribution < 1.29 is 23.8 Å². The summed E-state index contributed by atoms with van der Waals surface area (Å²) in [6.45, 7) is 10.5. The van der Waals surface area contributed by atoms with Gasteiger partial charge in [0.15, 0.2) is 11.5 Å². The number of benzene rings is 2. The van der Waals surface area contributed by atoms with E-state index in [-0.39, 0.29) is 28.5 Å². The first-order chi connectivity index (χ1) is 19.7. The molecule has 1 fully saturated rings. The van der Waals surface area contributed by atoms with Crippen molar-refractivity contribution in [2.75, 3.05) is 6.54 Å². The topological polar surface area (TPSA) is 98.2 Å². The highest BCUT2D eigenvalue weighted by Gasteiger charge is 2.26. The maximum atomic E-state index is 13.9. The van der Waals surface area contributed by atoms with E-state index >= 15 is 0 Å². The smallest absolute Gasteiger partial charge is 0.253 e. The molecule has 2 heterocycles. The molecular weight excluding hydrogens is 524 g/mol. The third kappa shape index (κ3) is 7.63. The van der Waals surface area contributed by atoms with Gasteiger partial charge in [-0.05, 0) is 86.4 Å². The summed E-state index contributed by atoms with van der Waals surface area (Å²) in [7, 11) is 0. The van der Waals surface area contributed by atoms with Crippen LogP contribution in [0.15, 0.2) is 48.7 Å². The number of aromatic hydroxyl groups is 2. The lowest BCUT2D eigenvalue weighted by Gasteiger charge is -2.29. The number of rotatable bonds is 5. The molecule has 0 unspecified atom stereocenters. The number of phenolic OH excluding ortho intramolecular Hbond substituents is 2. The molecule has 6 nitrogen and oxygen atoms in total. The fraction of sp³-hybridized carbons (Fsp3) is 0.394. The minimum Gasteiger partial charge on any atom is -0.504 e. The third-order valence-corrected chi connectivity index (χ3v) is 7.10. The van der Waals surface area contributed by atoms with Crippen LogP contribution in [0.2, 0.25) is 0 Å². The molecular formula is C33H41F2N3O3. The van der Waals surface area contributed by atoms with Crippen molar-refractivity contribution in [1.82, 2.24) is 15.3 Å². The number of halogens is 2. The molecule has 5 rings (SSSR count). The zero-order valence-electron chi connectivity index (χ0n) is 24.5. The minimum atomic E-state index is -0.722. The van der Waals surface area contributed by atoms with Gasteiger partial charge >= 0.3 is 0 Å². The SMILES string of the molecule is CC.CCC.Cc1cc(C(=O)NCC2CCC(c3ccnc4ccc(F)cc34)CC2)c(-c2cc(F)cc(O)c2O)[nH]1. The average molecular weight is 566 g/mol. The van der Waals surface area contributed by atoms with Crippen LogP contribution in [0, 0.1) is 24.5 Å². The Morgan fingerprint density at radius 3 is 2.37 bits per heavy atom. The van der Waals surface area contributed by atoms with Crippen molar-refractivity contribution in [3.05, 3.63) is 77.1 Å². The zero-order chi connectivity index (χ0) is 30.1. The van der Waals surface area contributed by atoms with E-state index < -0.39 is 17.3 Å². The molecule has 2 aromatic heterocycles. The number of nitrogens with one attached hydrogen (secondary N) is 2. The van der Waals surface area contributed by atoms with Gasteiger partial charge in [-0.25, -0.2) is 8.78 Å². The number of carbonyl (C=O) groups is 1. The second-order valence-electron chi connectivity index (χ2n) is 10.3. The Labute approximate surface area is 240 Å². The van der Waals surface area contributed by atoms with Crippen LogP contribution in [0.1, 0.15) is 87.3 Å². The van der Waals surface area contributed by atoms with Gasteiger partial charge in [0.2, 0.25) is 0 Å². The Kier molecular flexibility index (Phi) is 11.3. The molecule has 0 bridgehead atoms. The number of carbonyl (C=O) groups excluding carboxylic acids is 1. The molecule has 4 aromatic rings. The molecule has 0 saturated heterocycles. The quantitative estimate of drug-likeness (QED) is 0.183. The van der Waals surface area contributed by atoms with Crippen LogP contribution in [0.25, 0.3) is 22.2 Å². The predicted octanol–water partition coefficient (Wildman–Crippen LogP) is 8.37. The van der Waals surface area contributed by atoms with Crippen LogP contribution in [0.5, 0.6) is 11.5 Å². The van der Waals surface area contributed by atoms with Gasteiger partial charge in [0.05, 0.1) is 16.8 Å². The Morgan fingerprint density at radius 1 is 1.00 bits per heavy atom. The summed E-state index contributed by atoms with van der Waals surface area (Å²) >= 11 is 0. The number of nitrogens with zero attached hydrogens (tertiary/aromatic N) is 1. The molecule has 41 heavy (non-hydrogen) atoms. The summed E-state index contributed by atoms with van der Waals surface area (Å²) in [5, 5.41) is 23.9. The van der Waals surface area contributed by atoms with E-state index in [4.69, 9.17) is 0 Å². The summed E-state index contributed by atoms with van der Waals surface area (Å²) in [6.07, 6.45) is 6.72. The maximum Gasteiger partial charge on any atom is 0.253 e. The molecule has 1 amide bonds. The molecule has 0 aliphatic heterocycles. The first kappa shape index (κ1) is 31.6. The van der Waals surface area contributed by atoms with E-state index in [1.807, 2.05) is 19.9 Å². The van der Waals surface area contributed by atoms with E-state index in [2.05, 4.69) is 29.1 Å². The first-order valence-corrected chi connectivity index (χ1v) is 14.5. The van der Waals surface area contributed by atoms with E-state index in [1.165, 1.54) is 12.5 Å². The molecule has 8 heteroatoms. The van der Waals surface area contributed by atoms with Gasteiger partial charge in [-0.1, -0.05) is 34.1 Å². The van der Waals surface area contributed by atoms with E-state index in [0.717, 1.165) is 54.3 Å². The van der Waals surface area contributed by atoms with Gasteiger partial charge in [0.25, 0.3) is 5.91 Å². The lowest BCUT2D eigenvalue weighted by Crippen LogP contribution is -2.31. The number of aromatic amines is 1. The molecule has 0 radical (unpaired) electrons. The Hall–Kier alpha value is -3.94. The Balaban J connectivity index is 0.000000868. The van der Waals surface area contributed by atoms with Crippen LogP contribution in [0.4, 0.5) is 8.78 Å².